The van der Waals surface area contributed by atoms with Gasteiger partial charge in [0, 0.05) is 12.1 Å². The number of fused-ring (bicyclic) bond motifs is 1. The number of allylic oxidation sites excluding steroid dienone is 1. The van der Waals surface area contributed by atoms with Crippen LogP contribution in [0.3, 0.4) is 0 Å². The van der Waals surface area contributed by atoms with Crippen molar-refractivity contribution < 1.29 is 23.8 Å². The molecule has 0 aliphatic heterocycles. The second-order valence-electron chi connectivity index (χ2n) is 10.8. The van der Waals surface area contributed by atoms with Crippen molar-refractivity contribution in [3.8, 4) is 16.9 Å². The predicted octanol–water partition coefficient (Wildman–Crippen LogP) is 6.94. The van der Waals surface area contributed by atoms with Crippen molar-refractivity contribution in [2.75, 3.05) is 6.61 Å². The largest absolute Gasteiger partial charge is 0.489 e. The zero-order chi connectivity index (χ0) is 28.0. The SMILES string of the molecule is CCOC(=O)Cc1cc(C)ccc1OCc1cc2c(c(-c3cccc(CNC(=O)OC(C)(C)C)c3)c1)CC=C2. The van der Waals surface area contributed by atoms with Gasteiger partial charge in [-0.25, -0.2) is 4.79 Å². The van der Waals surface area contributed by atoms with Gasteiger partial charge in [-0.3, -0.25) is 4.79 Å². The van der Waals surface area contributed by atoms with E-state index >= 15 is 0 Å². The zero-order valence-electron chi connectivity index (χ0n) is 23.4. The van der Waals surface area contributed by atoms with E-state index in [-0.39, 0.29) is 12.4 Å². The van der Waals surface area contributed by atoms with Crippen molar-refractivity contribution in [3.05, 3.63) is 94.1 Å². The highest BCUT2D eigenvalue weighted by molar-refractivity contribution is 5.77. The van der Waals surface area contributed by atoms with Crippen LogP contribution in [0.1, 0.15) is 61.1 Å². The Morgan fingerprint density at radius 2 is 1.82 bits per heavy atom. The lowest BCUT2D eigenvalue weighted by Crippen LogP contribution is -2.32. The molecule has 0 radical (unpaired) electrons. The van der Waals surface area contributed by atoms with Crippen molar-refractivity contribution in [3.63, 3.8) is 0 Å². The Labute approximate surface area is 231 Å². The normalized spacial score (nSPS) is 12.1. The average Bonchev–Trinajstić information content (AvgIpc) is 3.35. The van der Waals surface area contributed by atoms with E-state index in [4.69, 9.17) is 14.2 Å². The van der Waals surface area contributed by atoms with Gasteiger partial charge in [-0.2, -0.15) is 0 Å². The summed E-state index contributed by atoms with van der Waals surface area (Å²) in [6.45, 7) is 10.4. The molecule has 3 aromatic carbocycles. The van der Waals surface area contributed by atoms with Crippen LogP contribution < -0.4 is 10.1 Å². The van der Waals surface area contributed by atoms with E-state index in [1.54, 1.807) is 6.92 Å². The number of ether oxygens (including phenoxy) is 3. The monoisotopic (exact) mass is 527 g/mol. The number of nitrogens with one attached hydrogen (secondary N) is 1. The first-order valence-corrected chi connectivity index (χ1v) is 13.4. The Balaban J connectivity index is 1.54. The van der Waals surface area contributed by atoms with Crippen molar-refractivity contribution in [2.45, 2.75) is 66.2 Å². The summed E-state index contributed by atoms with van der Waals surface area (Å²) in [6.07, 6.45) is 4.93. The number of carbonyl (C=O) groups is 2. The number of alkyl carbamates (subject to hydrolysis) is 1. The lowest BCUT2D eigenvalue weighted by Gasteiger charge is -2.20. The van der Waals surface area contributed by atoms with Crippen molar-refractivity contribution in [2.24, 2.45) is 0 Å². The first-order valence-electron chi connectivity index (χ1n) is 13.4. The summed E-state index contributed by atoms with van der Waals surface area (Å²) >= 11 is 0. The van der Waals surface area contributed by atoms with Crippen LogP contribution in [-0.4, -0.2) is 24.3 Å². The molecule has 0 heterocycles. The molecule has 0 bridgehead atoms. The predicted molar refractivity (Wildman–Crippen MR) is 154 cm³/mol. The van der Waals surface area contributed by atoms with Gasteiger partial charge in [0.05, 0.1) is 13.0 Å². The molecule has 1 amide bonds. The first kappa shape index (κ1) is 28.0. The number of amides is 1. The van der Waals surface area contributed by atoms with Crippen LogP contribution in [0.2, 0.25) is 0 Å². The minimum Gasteiger partial charge on any atom is -0.489 e. The molecule has 4 rings (SSSR count). The number of hydrogen-bond donors (Lipinski definition) is 1. The molecule has 6 nitrogen and oxygen atoms in total. The Morgan fingerprint density at radius 3 is 2.59 bits per heavy atom. The van der Waals surface area contributed by atoms with Gasteiger partial charge in [0.1, 0.15) is 18.0 Å². The maximum absolute atomic E-state index is 12.1. The smallest absolute Gasteiger partial charge is 0.407 e. The van der Waals surface area contributed by atoms with E-state index in [1.807, 2.05) is 58.0 Å². The van der Waals surface area contributed by atoms with Crippen LogP contribution in [0.25, 0.3) is 17.2 Å². The highest BCUT2D eigenvalue weighted by Crippen LogP contribution is 2.34. The van der Waals surface area contributed by atoms with Crippen molar-refractivity contribution in [1.29, 1.82) is 0 Å². The highest BCUT2D eigenvalue weighted by atomic mass is 16.6. The van der Waals surface area contributed by atoms with Gasteiger partial charge in [-0.1, -0.05) is 48.0 Å². The molecule has 0 saturated carbocycles. The lowest BCUT2D eigenvalue weighted by molar-refractivity contribution is -0.142. The fraction of sp³-hybridized carbons (Fsp3) is 0.333. The fourth-order valence-corrected chi connectivity index (χ4v) is 4.63. The Bertz CT molecular complexity index is 1380. The van der Waals surface area contributed by atoms with Crippen molar-refractivity contribution in [1.82, 2.24) is 5.32 Å². The number of esters is 1. The molecule has 1 N–H and O–H groups in total. The minimum atomic E-state index is -0.542. The second kappa shape index (κ2) is 12.2. The van der Waals surface area contributed by atoms with Gasteiger partial charge < -0.3 is 19.5 Å². The maximum Gasteiger partial charge on any atom is 0.407 e. The van der Waals surface area contributed by atoms with E-state index < -0.39 is 11.7 Å². The van der Waals surface area contributed by atoms with Gasteiger partial charge in [0.25, 0.3) is 0 Å². The van der Waals surface area contributed by atoms with Crippen LogP contribution in [0.5, 0.6) is 5.75 Å². The summed E-state index contributed by atoms with van der Waals surface area (Å²) < 4.78 is 16.8. The standard InChI is InChI=1S/C33H37NO5/c1-6-37-31(35)19-27-15-22(2)13-14-30(27)38-21-24-17-25-11-8-12-28(25)29(18-24)26-10-7-9-23(16-26)20-34-32(36)39-33(3,4)5/h7-11,13-18H,6,12,19-21H2,1-5H3,(H,34,36). The van der Waals surface area contributed by atoms with E-state index in [0.29, 0.717) is 25.5 Å². The van der Waals surface area contributed by atoms with Crippen LogP contribution in [0.15, 0.2) is 60.7 Å². The van der Waals surface area contributed by atoms with Gasteiger partial charge in [0.15, 0.2) is 0 Å². The van der Waals surface area contributed by atoms with E-state index in [1.165, 1.54) is 11.1 Å². The summed E-state index contributed by atoms with van der Waals surface area (Å²) in [5.41, 5.74) is 8.05. The second-order valence-corrected chi connectivity index (χ2v) is 10.8. The summed E-state index contributed by atoms with van der Waals surface area (Å²) in [5.74, 6) is 0.417. The van der Waals surface area contributed by atoms with Crippen LogP contribution in [0, 0.1) is 6.92 Å². The average molecular weight is 528 g/mol. The number of rotatable bonds is 9. The molecule has 0 atom stereocenters. The summed E-state index contributed by atoms with van der Waals surface area (Å²) in [7, 11) is 0. The minimum absolute atomic E-state index is 0.174. The fourth-order valence-electron chi connectivity index (χ4n) is 4.63. The van der Waals surface area contributed by atoms with Crippen molar-refractivity contribution >= 4 is 18.1 Å². The molecular formula is C33H37NO5. The molecule has 3 aromatic rings. The Hall–Kier alpha value is -4.06. The molecule has 204 valence electrons. The first-order chi connectivity index (χ1) is 18.6. The molecule has 0 spiro atoms. The maximum atomic E-state index is 12.1. The molecule has 0 fully saturated rings. The van der Waals surface area contributed by atoms with E-state index in [9.17, 15) is 9.59 Å². The van der Waals surface area contributed by atoms with Crippen LogP contribution in [0.4, 0.5) is 4.79 Å². The third-order valence-electron chi connectivity index (χ3n) is 6.29. The highest BCUT2D eigenvalue weighted by Gasteiger charge is 2.18. The number of benzene rings is 3. The quantitative estimate of drug-likeness (QED) is 0.305. The summed E-state index contributed by atoms with van der Waals surface area (Å²) in [6, 6.07) is 18.4. The Morgan fingerprint density at radius 1 is 1.00 bits per heavy atom. The van der Waals surface area contributed by atoms with E-state index in [2.05, 4.69) is 41.7 Å². The molecule has 39 heavy (non-hydrogen) atoms. The topological polar surface area (TPSA) is 73.9 Å². The molecule has 0 aromatic heterocycles. The molecule has 6 heteroatoms. The van der Waals surface area contributed by atoms with E-state index in [0.717, 1.165) is 39.8 Å². The number of hydrogen-bond acceptors (Lipinski definition) is 5. The van der Waals surface area contributed by atoms with Gasteiger partial charge >= 0.3 is 12.1 Å². The molecular weight excluding hydrogens is 490 g/mol. The molecule has 0 saturated heterocycles. The lowest BCUT2D eigenvalue weighted by atomic mass is 9.93. The van der Waals surface area contributed by atoms with Crippen LogP contribution in [-0.2, 0) is 40.3 Å². The zero-order valence-corrected chi connectivity index (χ0v) is 23.4. The number of carbonyl (C=O) groups excluding carboxylic acids is 2. The van der Waals surface area contributed by atoms with Gasteiger partial charge in [0.2, 0.25) is 0 Å². The van der Waals surface area contributed by atoms with Gasteiger partial charge in [-0.05, 0) is 98.7 Å². The third-order valence-corrected chi connectivity index (χ3v) is 6.29. The molecule has 1 aliphatic carbocycles. The summed E-state index contributed by atoms with van der Waals surface area (Å²) in [4.78, 5) is 24.3. The number of aryl methyl sites for hydroxylation is 1. The third kappa shape index (κ3) is 7.73. The Kier molecular flexibility index (Phi) is 8.75. The summed E-state index contributed by atoms with van der Waals surface area (Å²) in [5, 5.41) is 2.84. The molecule has 0 unspecified atom stereocenters. The van der Waals surface area contributed by atoms with Crippen LogP contribution >= 0.6 is 0 Å². The molecule has 1 aliphatic rings. The van der Waals surface area contributed by atoms with Gasteiger partial charge in [-0.15, -0.1) is 0 Å².